The lowest BCUT2D eigenvalue weighted by atomic mass is 9.50. The van der Waals surface area contributed by atoms with Gasteiger partial charge in [-0.25, -0.2) is 0 Å². The van der Waals surface area contributed by atoms with Gasteiger partial charge in [0, 0.05) is 5.41 Å². The second kappa shape index (κ2) is 6.91. The van der Waals surface area contributed by atoms with Crippen molar-refractivity contribution >= 4 is 5.71 Å². The fourth-order valence-corrected chi connectivity index (χ4v) is 7.65. The molecule has 6 atom stereocenters. The number of allylic oxidation sites excluding steroid dienone is 2. The molecule has 0 bridgehead atoms. The van der Waals surface area contributed by atoms with Crippen LogP contribution >= 0.6 is 0 Å². The molecule has 0 aliphatic heterocycles. The van der Waals surface area contributed by atoms with Crippen molar-refractivity contribution in [3.8, 4) is 12.3 Å². The maximum Gasteiger partial charge on any atom is 0.130 e. The normalized spacial score (nSPS) is 47.0. The molecule has 0 spiro atoms. The Morgan fingerprint density at radius 2 is 1.89 bits per heavy atom. The van der Waals surface area contributed by atoms with E-state index in [-0.39, 0.29) is 5.41 Å². The Morgan fingerprint density at radius 1 is 1.07 bits per heavy atom. The lowest BCUT2D eigenvalue weighted by Gasteiger charge is -2.54. The largest absolute Gasteiger partial charge is 0.392 e. The van der Waals surface area contributed by atoms with Gasteiger partial charge in [0.1, 0.15) is 11.7 Å². The van der Waals surface area contributed by atoms with Crippen molar-refractivity contribution in [2.75, 3.05) is 0 Å². The van der Waals surface area contributed by atoms with Gasteiger partial charge in [-0.2, -0.15) is 0 Å². The Hall–Kier alpha value is -1.27. The van der Waals surface area contributed by atoms with Gasteiger partial charge >= 0.3 is 0 Å². The second-order valence-electron chi connectivity index (χ2n) is 10.4. The van der Waals surface area contributed by atoms with Gasteiger partial charge in [-0.3, -0.25) is 0 Å². The lowest BCUT2D eigenvalue weighted by Crippen LogP contribution is -2.52. The van der Waals surface area contributed by atoms with Crippen LogP contribution in [-0.4, -0.2) is 22.5 Å². The summed E-state index contributed by atoms with van der Waals surface area (Å²) >= 11 is 0. The molecule has 5 aliphatic rings. The smallest absolute Gasteiger partial charge is 0.130 e. The Labute approximate surface area is 170 Å². The summed E-state index contributed by atoms with van der Waals surface area (Å²) in [5, 5.41) is 15.6. The fraction of sp³-hybridized carbons (Fsp3) is 0.800. The van der Waals surface area contributed by atoms with Gasteiger partial charge in [0.25, 0.3) is 0 Å². The van der Waals surface area contributed by atoms with Gasteiger partial charge < -0.3 is 9.94 Å². The molecule has 0 amide bonds. The van der Waals surface area contributed by atoms with Crippen LogP contribution in [0.2, 0.25) is 0 Å². The molecule has 0 aromatic heterocycles. The number of nitrogens with zero attached hydrogens (tertiary/aromatic N) is 1. The van der Waals surface area contributed by atoms with Gasteiger partial charge in [-0.05, 0) is 107 Å². The molecule has 0 unspecified atom stereocenters. The van der Waals surface area contributed by atoms with Crippen LogP contribution in [0.3, 0.4) is 0 Å². The van der Waals surface area contributed by atoms with E-state index >= 15 is 0 Å². The first-order valence-corrected chi connectivity index (χ1v) is 11.7. The maximum atomic E-state index is 11.1. The lowest BCUT2D eigenvalue weighted by molar-refractivity contribution is -0.0852. The molecule has 3 heteroatoms. The van der Waals surface area contributed by atoms with E-state index in [4.69, 9.17) is 11.3 Å². The zero-order valence-electron chi connectivity index (χ0n) is 17.3. The zero-order valence-corrected chi connectivity index (χ0v) is 17.3. The molecule has 5 rings (SSSR count). The summed E-state index contributed by atoms with van der Waals surface area (Å²) in [7, 11) is 0. The fourth-order valence-electron chi connectivity index (χ4n) is 7.65. The third-order valence-electron chi connectivity index (χ3n) is 9.33. The SMILES string of the molecule is C#C[C@@]1(O)CC[C@H]2[C@@H]3CCC4=C/C(=N\OC5CCCC5)CC[C@@H]4[C@H]3CC[C@@]21C. The molecule has 152 valence electrons. The average molecular weight is 382 g/mol. The first kappa shape index (κ1) is 18.7. The Morgan fingerprint density at radius 3 is 2.68 bits per heavy atom. The van der Waals surface area contributed by atoms with Crippen molar-refractivity contribution in [1.29, 1.82) is 0 Å². The summed E-state index contributed by atoms with van der Waals surface area (Å²) in [5.74, 6) is 5.60. The van der Waals surface area contributed by atoms with E-state index in [1.54, 1.807) is 5.57 Å². The molecule has 0 aromatic rings. The van der Waals surface area contributed by atoms with Crippen LogP contribution in [0.15, 0.2) is 16.8 Å². The maximum absolute atomic E-state index is 11.1. The van der Waals surface area contributed by atoms with E-state index in [9.17, 15) is 5.11 Å². The summed E-state index contributed by atoms with van der Waals surface area (Å²) in [6, 6.07) is 0. The van der Waals surface area contributed by atoms with Crippen molar-refractivity contribution in [2.24, 2.45) is 34.2 Å². The van der Waals surface area contributed by atoms with Crippen LogP contribution in [0.4, 0.5) is 0 Å². The summed E-state index contributed by atoms with van der Waals surface area (Å²) in [6.07, 6.45) is 22.3. The minimum absolute atomic E-state index is 0.0828. The van der Waals surface area contributed by atoms with Crippen molar-refractivity contribution in [1.82, 2.24) is 0 Å². The Bertz CT molecular complexity index is 727. The molecule has 4 saturated carbocycles. The topological polar surface area (TPSA) is 41.8 Å². The number of rotatable bonds is 2. The van der Waals surface area contributed by atoms with E-state index < -0.39 is 5.60 Å². The summed E-state index contributed by atoms with van der Waals surface area (Å²) in [6.45, 7) is 2.28. The molecular formula is C25H35NO2. The molecule has 0 radical (unpaired) electrons. The Kier molecular flexibility index (Phi) is 4.62. The van der Waals surface area contributed by atoms with Gasteiger partial charge in [-0.15, -0.1) is 6.42 Å². The van der Waals surface area contributed by atoms with Crippen LogP contribution in [0, 0.1) is 41.4 Å². The van der Waals surface area contributed by atoms with Crippen LogP contribution in [0.1, 0.15) is 84.0 Å². The minimum Gasteiger partial charge on any atom is -0.392 e. The molecule has 3 nitrogen and oxygen atoms in total. The van der Waals surface area contributed by atoms with Gasteiger partial charge in [-0.1, -0.05) is 23.6 Å². The highest BCUT2D eigenvalue weighted by Gasteiger charge is 2.61. The molecule has 0 saturated heterocycles. The quantitative estimate of drug-likeness (QED) is 0.525. The van der Waals surface area contributed by atoms with Crippen LogP contribution in [0.5, 0.6) is 0 Å². The number of aliphatic hydroxyl groups is 1. The number of hydrogen-bond acceptors (Lipinski definition) is 3. The predicted molar refractivity (Wildman–Crippen MR) is 112 cm³/mol. The van der Waals surface area contributed by atoms with Crippen LogP contribution < -0.4 is 0 Å². The van der Waals surface area contributed by atoms with Gasteiger partial charge in [0.2, 0.25) is 0 Å². The predicted octanol–water partition coefficient (Wildman–Crippen LogP) is 5.24. The average Bonchev–Trinajstić information content (AvgIpc) is 3.33. The second-order valence-corrected chi connectivity index (χ2v) is 10.4. The summed E-state index contributed by atoms with van der Waals surface area (Å²) in [4.78, 5) is 5.83. The highest BCUT2D eigenvalue weighted by atomic mass is 16.6. The molecule has 5 aliphatic carbocycles. The summed E-state index contributed by atoms with van der Waals surface area (Å²) < 4.78 is 0. The third kappa shape index (κ3) is 2.78. The zero-order chi connectivity index (χ0) is 19.4. The Balaban J connectivity index is 1.32. The molecule has 28 heavy (non-hydrogen) atoms. The van der Waals surface area contributed by atoms with Crippen LogP contribution in [-0.2, 0) is 4.84 Å². The molecule has 0 heterocycles. The van der Waals surface area contributed by atoms with E-state index in [1.807, 2.05) is 0 Å². The van der Waals surface area contributed by atoms with E-state index in [2.05, 4.69) is 24.1 Å². The van der Waals surface area contributed by atoms with Gasteiger partial charge in [0.15, 0.2) is 0 Å². The van der Waals surface area contributed by atoms with Crippen molar-refractivity contribution in [3.63, 3.8) is 0 Å². The molecule has 1 N–H and O–H groups in total. The highest BCUT2D eigenvalue weighted by Crippen LogP contribution is 2.64. The monoisotopic (exact) mass is 381 g/mol. The molecule has 4 fully saturated rings. The minimum atomic E-state index is -0.886. The number of fused-ring (bicyclic) bond motifs is 5. The molecular weight excluding hydrogens is 346 g/mol. The number of terminal acetylenes is 1. The van der Waals surface area contributed by atoms with Crippen molar-refractivity contribution < 1.29 is 9.94 Å². The third-order valence-corrected chi connectivity index (χ3v) is 9.33. The van der Waals surface area contributed by atoms with E-state index in [0.29, 0.717) is 17.9 Å². The first-order valence-electron chi connectivity index (χ1n) is 11.7. The van der Waals surface area contributed by atoms with E-state index in [1.165, 1.54) is 57.1 Å². The highest BCUT2D eigenvalue weighted by molar-refractivity contribution is 5.96. The van der Waals surface area contributed by atoms with Crippen molar-refractivity contribution in [2.45, 2.75) is 95.7 Å². The van der Waals surface area contributed by atoms with Crippen molar-refractivity contribution in [3.05, 3.63) is 11.6 Å². The van der Waals surface area contributed by atoms with Crippen LogP contribution in [0.25, 0.3) is 0 Å². The van der Waals surface area contributed by atoms with E-state index in [0.717, 1.165) is 37.5 Å². The number of oxime groups is 1. The first-order chi connectivity index (χ1) is 13.5. The standard InChI is InChI=1S/C25H35NO2/c1-3-25(27)15-13-23-22-10-8-17-16-18(26-28-19-6-4-5-7-19)9-11-20(17)21(22)12-14-24(23,25)2/h1,16,19-23,27H,4-15H2,2H3/b26-18-/t20-,21+,22+,23-,24-,25+/m0/s1. The summed E-state index contributed by atoms with van der Waals surface area (Å²) in [5.41, 5.74) is 1.82. The molecule has 0 aromatic carbocycles. The van der Waals surface area contributed by atoms with Gasteiger partial charge in [0.05, 0.1) is 5.71 Å². The number of hydrogen-bond donors (Lipinski definition) is 1.